The van der Waals surface area contributed by atoms with E-state index in [2.05, 4.69) is 35.4 Å². The van der Waals surface area contributed by atoms with Gasteiger partial charge in [-0.1, -0.05) is 24.3 Å². The Labute approximate surface area is 153 Å². The Bertz CT molecular complexity index is 907. The number of ether oxygens (including phenoxy) is 1. The second-order valence-electron chi connectivity index (χ2n) is 6.82. The number of carbonyl (C=O) groups excluding carboxylic acids is 1. The molecule has 4 nitrogen and oxygen atoms in total. The Morgan fingerprint density at radius 3 is 2.77 bits per heavy atom. The summed E-state index contributed by atoms with van der Waals surface area (Å²) in [5, 5.41) is 1.31. The number of hydrogen-bond acceptors (Lipinski definition) is 2. The maximum absolute atomic E-state index is 12.8. The van der Waals surface area contributed by atoms with E-state index in [0.29, 0.717) is 18.1 Å². The minimum atomic E-state index is 0.101. The number of para-hydroxylation sites is 1. The first-order chi connectivity index (χ1) is 12.8. The van der Waals surface area contributed by atoms with Crippen molar-refractivity contribution in [2.45, 2.75) is 25.7 Å². The van der Waals surface area contributed by atoms with Gasteiger partial charge >= 0.3 is 0 Å². The summed E-state index contributed by atoms with van der Waals surface area (Å²) >= 11 is 0. The van der Waals surface area contributed by atoms with Gasteiger partial charge in [0.15, 0.2) is 0 Å². The van der Waals surface area contributed by atoms with Gasteiger partial charge in [-0.3, -0.25) is 4.79 Å². The number of aromatic nitrogens is 1. The molecular formula is C22H24N2O2. The first kappa shape index (κ1) is 16.7. The third-order valence-electron chi connectivity index (χ3n) is 5.24. The molecule has 0 aliphatic carbocycles. The molecule has 0 atom stereocenters. The van der Waals surface area contributed by atoms with Crippen LogP contribution in [0.5, 0.6) is 5.75 Å². The summed E-state index contributed by atoms with van der Waals surface area (Å²) in [4.78, 5) is 18.2. The summed E-state index contributed by atoms with van der Waals surface area (Å²) in [5.74, 6) is 1.36. The minimum absolute atomic E-state index is 0.101. The van der Waals surface area contributed by atoms with Gasteiger partial charge in [0.25, 0.3) is 5.91 Å². The molecule has 134 valence electrons. The van der Waals surface area contributed by atoms with E-state index in [4.69, 9.17) is 4.74 Å². The first-order valence-corrected chi connectivity index (χ1v) is 9.34. The van der Waals surface area contributed by atoms with E-state index in [1.807, 2.05) is 36.1 Å². The van der Waals surface area contributed by atoms with Crippen LogP contribution in [-0.2, 0) is 0 Å². The van der Waals surface area contributed by atoms with Crippen LogP contribution in [0, 0.1) is 0 Å². The van der Waals surface area contributed by atoms with Crippen molar-refractivity contribution in [3.63, 3.8) is 0 Å². The van der Waals surface area contributed by atoms with Gasteiger partial charge in [0, 0.05) is 35.8 Å². The lowest BCUT2D eigenvalue weighted by Gasteiger charge is -2.32. The summed E-state index contributed by atoms with van der Waals surface area (Å²) in [7, 11) is 0. The third kappa shape index (κ3) is 3.19. The Balaban J connectivity index is 1.45. The van der Waals surface area contributed by atoms with Crippen LogP contribution in [0.15, 0.2) is 54.7 Å². The van der Waals surface area contributed by atoms with Crippen LogP contribution in [0.1, 0.15) is 41.6 Å². The fourth-order valence-electron chi connectivity index (χ4n) is 3.89. The van der Waals surface area contributed by atoms with Crippen LogP contribution in [0.2, 0.25) is 0 Å². The van der Waals surface area contributed by atoms with E-state index in [0.717, 1.165) is 31.7 Å². The second kappa shape index (κ2) is 7.24. The highest BCUT2D eigenvalue weighted by molar-refractivity contribution is 5.94. The Morgan fingerprint density at radius 2 is 1.96 bits per heavy atom. The highest BCUT2D eigenvalue weighted by Crippen LogP contribution is 2.33. The first-order valence-electron chi connectivity index (χ1n) is 9.34. The number of nitrogens with zero attached hydrogens (tertiary/aromatic N) is 1. The zero-order valence-corrected chi connectivity index (χ0v) is 15.1. The van der Waals surface area contributed by atoms with Crippen molar-refractivity contribution < 1.29 is 9.53 Å². The molecule has 1 amide bonds. The van der Waals surface area contributed by atoms with Crippen LogP contribution in [0.4, 0.5) is 0 Å². The summed E-state index contributed by atoms with van der Waals surface area (Å²) in [6.07, 6.45) is 4.13. The largest absolute Gasteiger partial charge is 0.494 e. The van der Waals surface area contributed by atoms with Crippen molar-refractivity contribution in [2.75, 3.05) is 19.7 Å². The summed E-state index contributed by atoms with van der Waals surface area (Å²) < 4.78 is 5.52. The van der Waals surface area contributed by atoms with Crippen molar-refractivity contribution in [1.82, 2.24) is 9.88 Å². The molecule has 0 saturated carbocycles. The maximum Gasteiger partial charge on any atom is 0.253 e. The van der Waals surface area contributed by atoms with Crippen LogP contribution in [-0.4, -0.2) is 35.5 Å². The van der Waals surface area contributed by atoms with Gasteiger partial charge in [0.2, 0.25) is 0 Å². The minimum Gasteiger partial charge on any atom is -0.494 e. The Morgan fingerprint density at radius 1 is 1.15 bits per heavy atom. The molecular weight excluding hydrogens is 324 g/mol. The molecule has 0 bridgehead atoms. The maximum atomic E-state index is 12.8. The molecule has 26 heavy (non-hydrogen) atoms. The molecule has 1 N–H and O–H groups in total. The van der Waals surface area contributed by atoms with E-state index in [1.165, 1.54) is 16.5 Å². The predicted molar refractivity (Wildman–Crippen MR) is 104 cm³/mol. The van der Waals surface area contributed by atoms with Crippen molar-refractivity contribution in [3.05, 3.63) is 65.9 Å². The van der Waals surface area contributed by atoms with Gasteiger partial charge in [-0.25, -0.2) is 0 Å². The molecule has 2 heterocycles. The van der Waals surface area contributed by atoms with Crippen molar-refractivity contribution in [3.8, 4) is 5.75 Å². The van der Waals surface area contributed by atoms with Gasteiger partial charge in [0.1, 0.15) is 5.75 Å². The average Bonchev–Trinajstić information content (AvgIpc) is 3.12. The van der Waals surface area contributed by atoms with E-state index >= 15 is 0 Å². The topological polar surface area (TPSA) is 45.3 Å². The second-order valence-corrected chi connectivity index (χ2v) is 6.82. The molecule has 1 fully saturated rings. The van der Waals surface area contributed by atoms with Crippen LogP contribution in [0.3, 0.4) is 0 Å². The van der Waals surface area contributed by atoms with E-state index in [-0.39, 0.29) is 5.91 Å². The molecule has 1 aromatic heterocycles. The van der Waals surface area contributed by atoms with Crippen LogP contribution >= 0.6 is 0 Å². The van der Waals surface area contributed by atoms with E-state index in [1.54, 1.807) is 0 Å². The average molecular weight is 348 g/mol. The lowest BCUT2D eigenvalue weighted by Crippen LogP contribution is -2.37. The number of hydrogen-bond donors (Lipinski definition) is 1. The number of amides is 1. The fourth-order valence-corrected chi connectivity index (χ4v) is 3.89. The van der Waals surface area contributed by atoms with Crippen LogP contribution < -0.4 is 4.74 Å². The summed E-state index contributed by atoms with van der Waals surface area (Å²) in [6.45, 7) is 4.14. The molecule has 0 unspecified atom stereocenters. The standard InChI is InChI=1S/C22H24N2O2/c1-2-26-18-7-5-6-17(14-18)22(25)24-12-10-16(11-13-24)20-15-23-21-9-4-3-8-19(20)21/h3-9,14-16,23H,2,10-13H2,1H3. The number of fused-ring (bicyclic) bond motifs is 1. The number of nitrogens with one attached hydrogen (secondary N) is 1. The molecule has 3 aromatic rings. The van der Waals surface area contributed by atoms with Gasteiger partial charge in [0.05, 0.1) is 6.61 Å². The normalized spacial score (nSPS) is 15.3. The lowest BCUT2D eigenvalue weighted by atomic mass is 9.89. The zero-order valence-electron chi connectivity index (χ0n) is 15.1. The monoisotopic (exact) mass is 348 g/mol. The van der Waals surface area contributed by atoms with Gasteiger partial charge in [-0.05, 0) is 55.5 Å². The number of carbonyl (C=O) groups is 1. The quantitative estimate of drug-likeness (QED) is 0.750. The molecule has 1 aliphatic rings. The smallest absolute Gasteiger partial charge is 0.253 e. The van der Waals surface area contributed by atoms with Crippen LogP contribution in [0.25, 0.3) is 10.9 Å². The SMILES string of the molecule is CCOc1cccc(C(=O)N2CCC(c3c[nH]c4ccccc34)CC2)c1. The Kier molecular flexibility index (Phi) is 4.65. The van der Waals surface area contributed by atoms with Crippen molar-refractivity contribution >= 4 is 16.8 Å². The molecule has 1 saturated heterocycles. The highest BCUT2D eigenvalue weighted by atomic mass is 16.5. The lowest BCUT2D eigenvalue weighted by molar-refractivity contribution is 0.0713. The number of rotatable bonds is 4. The number of aromatic amines is 1. The third-order valence-corrected chi connectivity index (χ3v) is 5.24. The predicted octanol–water partition coefficient (Wildman–Crippen LogP) is 4.59. The van der Waals surface area contributed by atoms with Crippen molar-refractivity contribution in [1.29, 1.82) is 0 Å². The molecule has 0 spiro atoms. The number of piperidine rings is 1. The summed E-state index contributed by atoms with van der Waals surface area (Å²) in [6, 6.07) is 15.9. The highest BCUT2D eigenvalue weighted by Gasteiger charge is 2.26. The molecule has 0 radical (unpaired) electrons. The summed E-state index contributed by atoms with van der Waals surface area (Å²) in [5.41, 5.74) is 3.28. The van der Waals surface area contributed by atoms with Gasteiger partial charge in [-0.15, -0.1) is 0 Å². The van der Waals surface area contributed by atoms with E-state index in [9.17, 15) is 4.79 Å². The molecule has 4 rings (SSSR count). The number of likely N-dealkylation sites (tertiary alicyclic amines) is 1. The van der Waals surface area contributed by atoms with Gasteiger partial charge in [-0.2, -0.15) is 0 Å². The van der Waals surface area contributed by atoms with Gasteiger partial charge < -0.3 is 14.6 Å². The fraction of sp³-hybridized carbons (Fsp3) is 0.318. The number of H-pyrrole nitrogens is 1. The molecule has 4 heteroatoms. The van der Waals surface area contributed by atoms with E-state index < -0.39 is 0 Å². The molecule has 2 aromatic carbocycles. The Hall–Kier alpha value is -2.75. The molecule has 1 aliphatic heterocycles. The van der Waals surface area contributed by atoms with Crippen molar-refractivity contribution in [2.24, 2.45) is 0 Å². The number of benzene rings is 2. The zero-order chi connectivity index (χ0) is 17.9.